The van der Waals surface area contributed by atoms with Crippen LogP contribution in [0.15, 0.2) is 0 Å². The third-order valence-corrected chi connectivity index (χ3v) is 4.98. The summed E-state index contributed by atoms with van der Waals surface area (Å²) in [6.07, 6.45) is 7.97. The molecule has 2 rings (SSSR count). The van der Waals surface area contributed by atoms with Crippen LogP contribution in [-0.2, 0) is 4.79 Å². The van der Waals surface area contributed by atoms with Crippen LogP contribution in [0.4, 0.5) is 0 Å². The van der Waals surface area contributed by atoms with E-state index in [0.717, 1.165) is 26.1 Å². The van der Waals surface area contributed by atoms with Crippen molar-refractivity contribution >= 4 is 5.91 Å². The molecule has 1 atom stereocenters. The van der Waals surface area contributed by atoms with Crippen LogP contribution in [0.1, 0.15) is 51.9 Å². The Hall–Kier alpha value is -0.610. The number of likely N-dealkylation sites (N-methyl/N-ethyl adjacent to an activating group) is 1. The lowest BCUT2D eigenvalue weighted by molar-refractivity contribution is -0.160. The smallest absolute Gasteiger partial charge is 0.255 e. The number of aliphatic hydroxyl groups is 1. The molecule has 2 aliphatic rings. The van der Waals surface area contributed by atoms with Crippen molar-refractivity contribution in [1.29, 1.82) is 0 Å². The monoisotopic (exact) mass is 282 g/mol. The fraction of sp³-hybridized carbons (Fsp3) is 0.938. The Balaban J connectivity index is 1.94. The topological polar surface area (TPSA) is 43.8 Å². The molecule has 1 aliphatic heterocycles. The third-order valence-electron chi connectivity index (χ3n) is 4.98. The van der Waals surface area contributed by atoms with Crippen LogP contribution >= 0.6 is 0 Å². The SMILES string of the molecule is CCN(C)C[C@@]1(O)CCCN(CC2CCCCC2)C1=O. The predicted molar refractivity (Wildman–Crippen MR) is 80.5 cm³/mol. The highest BCUT2D eigenvalue weighted by molar-refractivity contribution is 5.86. The van der Waals surface area contributed by atoms with Gasteiger partial charge in [0, 0.05) is 19.6 Å². The van der Waals surface area contributed by atoms with Gasteiger partial charge < -0.3 is 14.9 Å². The van der Waals surface area contributed by atoms with Crippen LogP contribution in [0.2, 0.25) is 0 Å². The van der Waals surface area contributed by atoms with E-state index in [1.54, 1.807) is 0 Å². The molecular weight excluding hydrogens is 252 g/mol. The normalized spacial score (nSPS) is 29.2. The van der Waals surface area contributed by atoms with Crippen molar-refractivity contribution < 1.29 is 9.90 Å². The Labute approximate surface area is 123 Å². The first-order valence-electron chi connectivity index (χ1n) is 8.25. The van der Waals surface area contributed by atoms with E-state index < -0.39 is 5.60 Å². The average molecular weight is 282 g/mol. The summed E-state index contributed by atoms with van der Waals surface area (Å²) in [4.78, 5) is 16.6. The maximum Gasteiger partial charge on any atom is 0.255 e. The van der Waals surface area contributed by atoms with Crippen molar-refractivity contribution in [2.75, 3.05) is 33.2 Å². The van der Waals surface area contributed by atoms with Crippen LogP contribution in [-0.4, -0.2) is 59.6 Å². The summed E-state index contributed by atoms with van der Waals surface area (Å²) in [5.74, 6) is 0.619. The van der Waals surface area contributed by atoms with Crippen LogP contribution in [0, 0.1) is 5.92 Å². The number of rotatable bonds is 5. The first kappa shape index (κ1) is 15.8. The van der Waals surface area contributed by atoms with Gasteiger partial charge in [0.1, 0.15) is 0 Å². The minimum Gasteiger partial charge on any atom is -0.379 e. The molecule has 2 fully saturated rings. The molecule has 0 bridgehead atoms. The van der Waals surface area contributed by atoms with E-state index in [9.17, 15) is 9.90 Å². The lowest BCUT2D eigenvalue weighted by Crippen LogP contribution is -2.58. The molecule has 1 N–H and O–H groups in total. The van der Waals surface area contributed by atoms with Crippen molar-refractivity contribution in [3.05, 3.63) is 0 Å². The van der Waals surface area contributed by atoms with Crippen molar-refractivity contribution in [3.63, 3.8) is 0 Å². The van der Waals surface area contributed by atoms with Gasteiger partial charge in [-0.3, -0.25) is 4.79 Å². The molecule has 1 saturated heterocycles. The maximum atomic E-state index is 12.6. The summed E-state index contributed by atoms with van der Waals surface area (Å²) in [6, 6.07) is 0. The van der Waals surface area contributed by atoms with Crippen molar-refractivity contribution in [2.24, 2.45) is 5.92 Å². The molecular formula is C16H30N2O2. The molecule has 1 saturated carbocycles. The molecule has 0 aromatic heterocycles. The predicted octanol–water partition coefficient (Wildman–Crippen LogP) is 1.87. The number of likely N-dealkylation sites (tertiary alicyclic amines) is 1. The highest BCUT2D eigenvalue weighted by Gasteiger charge is 2.43. The fourth-order valence-electron chi connectivity index (χ4n) is 3.63. The number of piperidine rings is 1. The summed E-state index contributed by atoms with van der Waals surface area (Å²) in [7, 11) is 1.96. The van der Waals surface area contributed by atoms with Crippen molar-refractivity contribution in [3.8, 4) is 0 Å². The largest absolute Gasteiger partial charge is 0.379 e. The summed E-state index contributed by atoms with van der Waals surface area (Å²) in [6.45, 7) is 5.06. The zero-order chi connectivity index (χ0) is 14.6. The van der Waals surface area contributed by atoms with Gasteiger partial charge in [0.2, 0.25) is 0 Å². The van der Waals surface area contributed by atoms with E-state index in [-0.39, 0.29) is 5.91 Å². The van der Waals surface area contributed by atoms with Gasteiger partial charge in [-0.2, -0.15) is 0 Å². The lowest BCUT2D eigenvalue weighted by Gasteiger charge is -2.41. The molecule has 1 aliphatic carbocycles. The summed E-state index contributed by atoms with van der Waals surface area (Å²) in [5, 5.41) is 10.7. The minimum atomic E-state index is -1.16. The summed E-state index contributed by atoms with van der Waals surface area (Å²) in [5.41, 5.74) is -1.16. The van der Waals surface area contributed by atoms with Crippen molar-refractivity contribution in [2.45, 2.75) is 57.5 Å². The Morgan fingerprint density at radius 3 is 2.65 bits per heavy atom. The van der Waals surface area contributed by atoms with Crippen LogP contribution in [0.5, 0.6) is 0 Å². The van der Waals surface area contributed by atoms with E-state index in [2.05, 4.69) is 6.92 Å². The summed E-state index contributed by atoms with van der Waals surface area (Å²) >= 11 is 0. The van der Waals surface area contributed by atoms with Gasteiger partial charge >= 0.3 is 0 Å². The Morgan fingerprint density at radius 1 is 1.30 bits per heavy atom. The average Bonchev–Trinajstić information content (AvgIpc) is 2.45. The second kappa shape index (κ2) is 6.90. The number of nitrogens with zero attached hydrogens (tertiary/aromatic N) is 2. The zero-order valence-corrected chi connectivity index (χ0v) is 13.1. The molecule has 1 heterocycles. The molecule has 4 heteroatoms. The van der Waals surface area contributed by atoms with E-state index in [0.29, 0.717) is 18.9 Å². The number of carbonyl (C=O) groups excluding carboxylic acids is 1. The molecule has 0 aromatic rings. The second-order valence-electron chi connectivity index (χ2n) is 6.72. The molecule has 4 nitrogen and oxygen atoms in total. The molecule has 1 amide bonds. The highest BCUT2D eigenvalue weighted by Crippen LogP contribution is 2.28. The van der Waals surface area contributed by atoms with Gasteiger partial charge in [-0.05, 0) is 45.2 Å². The molecule has 0 unspecified atom stereocenters. The molecule has 116 valence electrons. The van der Waals surface area contributed by atoms with Gasteiger partial charge in [-0.25, -0.2) is 0 Å². The Kier molecular flexibility index (Phi) is 5.44. The van der Waals surface area contributed by atoms with E-state index in [1.165, 1.54) is 32.1 Å². The third kappa shape index (κ3) is 3.73. The first-order chi connectivity index (χ1) is 9.55. The van der Waals surface area contributed by atoms with Crippen molar-refractivity contribution in [1.82, 2.24) is 9.80 Å². The minimum absolute atomic E-state index is 0.0328. The molecule has 0 aromatic carbocycles. The number of hydrogen-bond acceptors (Lipinski definition) is 3. The van der Waals surface area contributed by atoms with E-state index >= 15 is 0 Å². The Bertz CT molecular complexity index is 328. The zero-order valence-electron chi connectivity index (χ0n) is 13.1. The number of amides is 1. The Morgan fingerprint density at radius 2 is 2.00 bits per heavy atom. The van der Waals surface area contributed by atoms with Gasteiger partial charge in [0.15, 0.2) is 5.60 Å². The lowest BCUT2D eigenvalue weighted by atomic mass is 9.86. The van der Waals surface area contributed by atoms with E-state index in [4.69, 9.17) is 0 Å². The highest BCUT2D eigenvalue weighted by atomic mass is 16.3. The standard InChI is InChI=1S/C16H30N2O2/c1-3-17(2)13-16(20)10-7-11-18(15(16)19)12-14-8-5-4-6-9-14/h14,20H,3-13H2,1-2H3/t16-/m0/s1. The van der Waals surface area contributed by atoms with Gasteiger partial charge in [0.25, 0.3) is 5.91 Å². The molecule has 0 radical (unpaired) electrons. The quantitative estimate of drug-likeness (QED) is 0.837. The molecule has 20 heavy (non-hydrogen) atoms. The second-order valence-corrected chi connectivity index (χ2v) is 6.72. The first-order valence-corrected chi connectivity index (χ1v) is 8.25. The van der Waals surface area contributed by atoms with Crippen LogP contribution in [0.25, 0.3) is 0 Å². The maximum absolute atomic E-state index is 12.6. The van der Waals surface area contributed by atoms with Crippen LogP contribution in [0.3, 0.4) is 0 Å². The van der Waals surface area contributed by atoms with Gasteiger partial charge in [-0.15, -0.1) is 0 Å². The summed E-state index contributed by atoms with van der Waals surface area (Å²) < 4.78 is 0. The fourth-order valence-corrected chi connectivity index (χ4v) is 3.63. The van der Waals surface area contributed by atoms with Gasteiger partial charge in [0.05, 0.1) is 0 Å². The number of hydrogen-bond donors (Lipinski definition) is 1. The van der Waals surface area contributed by atoms with Crippen LogP contribution < -0.4 is 0 Å². The van der Waals surface area contributed by atoms with Gasteiger partial charge in [-0.1, -0.05) is 26.2 Å². The van der Waals surface area contributed by atoms with E-state index in [1.807, 2.05) is 16.8 Å². The molecule has 0 spiro atoms. The number of carbonyl (C=O) groups is 1.